The third-order valence-electron chi connectivity index (χ3n) is 17.6. The molecule has 6 N–H and O–H groups in total. The Bertz CT molecular complexity index is 1650. The lowest BCUT2D eigenvalue weighted by Crippen LogP contribution is -2.60. The molecule has 88 heavy (non-hydrogen) atoms. The quantitative estimate of drug-likeness (QED) is 0.0195. The fourth-order valence-electron chi connectivity index (χ4n) is 11.7. The van der Waals surface area contributed by atoms with Crippen LogP contribution >= 0.6 is 0 Å². The highest BCUT2D eigenvalue weighted by Crippen LogP contribution is 2.23. The van der Waals surface area contributed by atoms with Gasteiger partial charge in [0.1, 0.15) is 24.4 Å². The highest BCUT2D eigenvalue weighted by molar-refractivity contribution is 5.76. The number of ether oxygens (including phenoxy) is 3. The number of esters is 1. The fourth-order valence-corrected chi connectivity index (χ4v) is 11.7. The number of allylic oxidation sites excluding steroid dienone is 9. The summed E-state index contributed by atoms with van der Waals surface area (Å²) in [5.41, 5.74) is 0. The van der Waals surface area contributed by atoms with Crippen molar-refractivity contribution < 1.29 is 49.3 Å². The highest BCUT2D eigenvalue weighted by Gasteiger charge is 2.44. The van der Waals surface area contributed by atoms with Crippen molar-refractivity contribution in [3.63, 3.8) is 0 Å². The van der Waals surface area contributed by atoms with Gasteiger partial charge in [0.2, 0.25) is 5.91 Å². The average Bonchev–Trinajstić information content (AvgIpc) is 3.35. The van der Waals surface area contributed by atoms with Gasteiger partial charge in [0.15, 0.2) is 6.29 Å². The minimum atomic E-state index is -1.57. The van der Waals surface area contributed by atoms with Gasteiger partial charge < -0.3 is 45.1 Å². The lowest BCUT2D eigenvalue weighted by Gasteiger charge is -2.40. The Hall–Kier alpha value is -2.64. The zero-order chi connectivity index (χ0) is 63.7. The summed E-state index contributed by atoms with van der Waals surface area (Å²) >= 11 is 0. The largest absolute Gasteiger partial charge is 0.466 e. The number of aliphatic hydroxyl groups is 5. The van der Waals surface area contributed by atoms with Crippen molar-refractivity contribution in [3.8, 4) is 0 Å². The van der Waals surface area contributed by atoms with Crippen LogP contribution in [0.1, 0.15) is 354 Å². The summed E-state index contributed by atoms with van der Waals surface area (Å²) in [6.45, 7) is 4.29. The van der Waals surface area contributed by atoms with Crippen molar-refractivity contribution >= 4 is 11.9 Å². The first-order valence-electron chi connectivity index (χ1n) is 37.6. The number of rotatable bonds is 66. The second-order valence-electron chi connectivity index (χ2n) is 26.0. The molecule has 11 heteroatoms. The Balaban J connectivity index is 1.89. The Morgan fingerprint density at radius 3 is 1.22 bits per heavy atom. The molecule has 1 aliphatic rings. The Kier molecular flexibility index (Phi) is 62.4. The maximum absolute atomic E-state index is 13.0. The average molecular weight is 1240 g/mol. The van der Waals surface area contributed by atoms with Crippen LogP contribution in [0.5, 0.6) is 0 Å². The van der Waals surface area contributed by atoms with Crippen LogP contribution in [0, 0.1) is 0 Å². The van der Waals surface area contributed by atoms with E-state index in [1.807, 2.05) is 6.08 Å². The molecule has 514 valence electrons. The van der Waals surface area contributed by atoms with E-state index in [0.29, 0.717) is 19.4 Å². The van der Waals surface area contributed by atoms with Crippen molar-refractivity contribution in [3.05, 3.63) is 60.8 Å². The molecule has 0 aliphatic carbocycles. The molecule has 0 spiro atoms. The number of aliphatic hydroxyl groups excluding tert-OH is 5. The van der Waals surface area contributed by atoms with Crippen LogP contribution in [0.2, 0.25) is 0 Å². The van der Waals surface area contributed by atoms with Gasteiger partial charge in [-0.15, -0.1) is 0 Å². The van der Waals surface area contributed by atoms with Crippen LogP contribution in [0.3, 0.4) is 0 Å². The molecule has 1 fully saturated rings. The number of unbranched alkanes of at least 4 members (excludes halogenated alkanes) is 44. The van der Waals surface area contributed by atoms with Gasteiger partial charge >= 0.3 is 5.97 Å². The molecule has 1 rings (SSSR count). The molecule has 7 unspecified atom stereocenters. The van der Waals surface area contributed by atoms with Gasteiger partial charge in [-0.25, -0.2) is 0 Å². The Labute approximate surface area is 541 Å². The minimum absolute atomic E-state index is 0.00375. The Morgan fingerprint density at radius 1 is 0.420 bits per heavy atom. The van der Waals surface area contributed by atoms with Crippen LogP contribution in [0.4, 0.5) is 0 Å². The first-order chi connectivity index (χ1) is 43.2. The van der Waals surface area contributed by atoms with Gasteiger partial charge in [-0.05, 0) is 103 Å². The summed E-state index contributed by atoms with van der Waals surface area (Å²) in [6.07, 6.45) is 78.3. The summed E-state index contributed by atoms with van der Waals surface area (Å²) in [5, 5.41) is 54.3. The topological polar surface area (TPSA) is 175 Å². The van der Waals surface area contributed by atoms with Crippen molar-refractivity contribution in [2.75, 3.05) is 19.8 Å². The van der Waals surface area contributed by atoms with Crippen LogP contribution < -0.4 is 5.32 Å². The zero-order valence-corrected chi connectivity index (χ0v) is 57.2. The van der Waals surface area contributed by atoms with Gasteiger partial charge in [0, 0.05) is 12.8 Å². The maximum Gasteiger partial charge on any atom is 0.305 e. The molecular weight excluding hydrogens is 1100 g/mol. The molecule has 1 saturated heterocycles. The van der Waals surface area contributed by atoms with Crippen LogP contribution in [0.25, 0.3) is 0 Å². The Morgan fingerprint density at radius 2 is 0.773 bits per heavy atom. The van der Waals surface area contributed by atoms with Crippen LogP contribution in [-0.4, -0.2) is 100 Å². The second-order valence-corrected chi connectivity index (χ2v) is 26.0. The summed E-state index contributed by atoms with van der Waals surface area (Å²) in [5.74, 6) is -0.187. The predicted molar refractivity (Wildman–Crippen MR) is 370 cm³/mol. The van der Waals surface area contributed by atoms with E-state index in [-0.39, 0.29) is 18.5 Å². The molecule has 0 aromatic carbocycles. The summed E-state index contributed by atoms with van der Waals surface area (Å²) in [7, 11) is 0. The van der Waals surface area contributed by atoms with Gasteiger partial charge in [-0.3, -0.25) is 9.59 Å². The van der Waals surface area contributed by atoms with E-state index in [0.717, 1.165) is 64.2 Å². The molecule has 0 aromatic heterocycles. The standard InChI is InChI=1S/C77H141NO10/c1-3-5-7-9-11-13-14-15-42-45-49-53-57-61-65-73(82)86-66-62-58-54-50-46-43-40-38-36-34-32-30-28-26-24-22-20-18-16-17-19-21-23-25-27-29-31-33-35-37-39-41-44-48-52-56-60-64-72(81)78-69(70(80)63-59-55-51-47-12-10-8-6-4-2)68-87-77-76(85)75(84)74(83)71(67-79)88-77/h12,14-16,18,22,24,47,59,63,69-71,74-77,79-80,83-85H,3-11,13,17,19-21,23,25-46,48-58,60-62,64-68H2,1-2H3,(H,78,81)/b15-14-,18-16-,24-22-,47-12+,63-59+. The molecule has 7 atom stereocenters. The first kappa shape index (κ1) is 83.4. The van der Waals surface area contributed by atoms with Crippen molar-refractivity contribution in [2.45, 2.75) is 397 Å². The predicted octanol–water partition coefficient (Wildman–Crippen LogP) is 19.7. The monoisotopic (exact) mass is 1240 g/mol. The smallest absolute Gasteiger partial charge is 0.305 e. The van der Waals surface area contributed by atoms with E-state index in [2.05, 4.69) is 67.8 Å². The van der Waals surface area contributed by atoms with Gasteiger partial charge in [0.25, 0.3) is 0 Å². The maximum atomic E-state index is 13.0. The van der Waals surface area contributed by atoms with Crippen molar-refractivity contribution in [1.82, 2.24) is 5.32 Å². The molecule has 0 radical (unpaired) electrons. The van der Waals surface area contributed by atoms with Crippen molar-refractivity contribution in [1.29, 1.82) is 0 Å². The number of carbonyl (C=O) groups is 2. The highest BCUT2D eigenvalue weighted by atomic mass is 16.7. The van der Waals surface area contributed by atoms with E-state index in [1.54, 1.807) is 6.08 Å². The lowest BCUT2D eigenvalue weighted by atomic mass is 9.99. The zero-order valence-electron chi connectivity index (χ0n) is 57.2. The van der Waals surface area contributed by atoms with Crippen LogP contribution in [0.15, 0.2) is 60.8 Å². The molecular formula is C77H141NO10. The molecule has 11 nitrogen and oxygen atoms in total. The molecule has 0 saturated carbocycles. The second kappa shape index (κ2) is 65.8. The summed E-state index contributed by atoms with van der Waals surface area (Å²) in [6, 6.07) is -0.825. The SMILES string of the molecule is CCCCC/C=C/CC/C=C/C(O)C(COC1OC(CO)C(O)C(O)C1O)NC(=O)CCCCCCCCCCCCCCCCCCC/C=C\C/C=C\CCCCCCCCCCCCCCCOC(=O)CCCCCCC/C=C\CCCCCCC. The van der Waals surface area contributed by atoms with E-state index < -0.39 is 49.5 Å². The fraction of sp³-hybridized carbons (Fsp3) is 0.844. The first-order valence-corrected chi connectivity index (χ1v) is 37.6. The number of carbonyl (C=O) groups excluding carboxylic acids is 2. The van der Waals surface area contributed by atoms with E-state index in [4.69, 9.17) is 14.2 Å². The van der Waals surface area contributed by atoms with Gasteiger partial charge in [0.05, 0.1) is 32.0 Å². The normalized spacial score (nSPS) is 18.1. The molecule has 1 heterocycles. The minimum Gasteiger partial charge on any atom is -0.466 e. The molecule has 1 aliphatic heterocycles. The summed E-state index contributed by atoms with van der Waals surface area (Å²) < 4.78 is 16.7. The molecule has 1 amide bonds. The summed E-state index contributed by atoms with van der Waals surface area (Å²) in [4.78, 5) is 25.1. The van der Waals surface area contributed by atoms with Gasteiger partial charge in [-0.2, -0.15) is 0 Å². The number of hydrogen-bond donors (Lipinski definition) is 6. The van der Waals surface area contributed by atoms with Gasteiger partial charge in [-0.1, -0.05) is 299 Å². The number of amides is 1. The van der Waals surface area contributed by atoms with Crippen LogP contribution in [-0.2, 0) is 23.8 Å². The third kappa shape index (κ3) is 54.0. The number of nitrogens with one attached hydrogen (secondary N) is 1. The lowest BCUT2D eigenvalue weighted by molar-refractivity contribution is -0.302. The third-order valence-corrected chi connectivity index (χ3v) is 17.6. The molecule has 0 bridgehead atoms. The van der Waals surface area contributed by atoms with E-state index >= 15 is 0 Å². The van der Waals surface area contributed by atoms with Crippen molar-refractivity contribution in [2.24, 2.45) is 0 Å². The molecule has 0 aromatic rings. The van der Waals surface area contributed by atoms with E-state index in [9.17, 15) is 35.1 Å². The number of hydrogen-bond acceptors (Lipinski definition) is 10. The van der Waals surface area contributed by atoms with E-state index in [1.165, 1.54) is 263 Å².